The molecule has 1 atom stereocenters. The summed E-state index contributed by atoms with van der Waals surface area (Å²) >= 11 is 5.65. The first-order valence-corrected chi connectivity index (χ1v) is 4.03. The van der Waals surface area contributed by atoms with Crippen molar-refractivity contribution in [3.63, 3.8) is 0 Å². The molecule has 3 nitrogen and oxygen atoms in total. The second kappa shape index (κ2) is 3.29. The number of aliphatic hydroxyl groups excluding tert-OH is 1. The summed E-state index contributed by atoms with van der Waals surface area (Å²) in [5, 5.41) is 9.56. The van der Waals surface area contributed by atoms with Gasteiger partial charge in [-0.05, 0) is 18.1 Å². The van der Waals surface area contributed by atoms with Crippen molar-refractivity contribution in [1.82, 2.24) is 0 Å². The fourth-order valence-corrected chi connectivity index (χ4v) is 1.28. The predicted molar refractivity (Wildman–Crippen MR) is 46.5 cm³/mol. The van der Waals surface area contributed by atoms with Gasteiger partial charge in [0.15, 0.2) is 0 Å². The zero-order chi connectivity index (χ0) is 9.30. The highest BCUT2D eigenvalue weighted by Gasteiger charge is 2.26. The second-order valence-corrected chi connectivity index (χ2v) is 3.01. The van der Waals surface area contributed by atoms with Crippen LogP contribution in [0.15, 0.2) is 22.4 Å². The fourth-order valence-electron chi connectivity index (χ4n) is 1.05. The summed E-state index contributed by atoms with van der Waals surface area (Å²) in [5.74, 6) is -0.501. The Labute approximate surface area is 75.5 Å². The predicted octanol–water partition coefficient (Wildman–Crippen LogP) is 0.675. The van der Waals surface area contributed by atoms with Gasteiger partial charge in [0.2, 0.25) is 5.78 Å². The molecule has 1 unspecified atom stereocenters. The third kappa shape index (κ3) is 1.38. The fraction of sp³-hybridized carbons (Fsp3) is 0.375. The van der Waals surface area contributed by atoms with E-state index in [0.29, 0.717) is 12.0 Å². The Bertz CT molecular complexity index is 281. The lowest BCUT2D eigenvalue weighted by Gasteiger charge is -2.17. The molecule has 1 rings (SSSR count). The minimum atomic E-state index is -1.10. The molecule has 0 aromatic carbocycles. The molecule has 4 heteroatoms. The molecule has 0 heterocycles. The number of aliphatic hydroxyl groups is 1. The van der Waals surface area contributed by atoms with Gasteiger partial charge in [-0.2, -0.15) is 0 Å². The standard InChI is InChI=1S/C8H10ClNO2/c1-2-4-3-5(9)6(10)8(12)7(4)11/h3,7,11H,2,10H2,1H3. The lowest BCUT2D eigenvalue weighted by atomic mass is 9.96. The van der Waals surface area contributed by atoms with Gasteiger partial charge in [0, 0.05) is 0 Å². The van der Waals surface area contributed by atoms with Gasteiger partial charge >= 0.3 is 0 Å². The lowest BCUT2D eigenvalue weighted by Crippen LogP contribution is -2.31. The van der Waals surface area contributed by atoms with Crippen LogP contribution >= 0.6 is 11.6 Å². The van der Waals surface area contributed by atoms with E-state index in [4.69, 9.17) is 17.3 Å². The van der Waals surface area contributed by atoms with Crippen molar-refractivity contribution in [2.75, 3.05) is 0 Å². The molecule has 3 N–H and O–H groups in total. The van der Waals surface area contributed by atoms with Crippen molar-refractivity contribution >= 4 is 17.4 Å². The Kier molecular flexibility index (Phi) is 2.55. The van der Waals surface area contributed by atoms with Crippen LogP contribution in [0.1, 0.15) is 13.3 Å². The van der Waals surface area contributed by atoms with Crippen LogP contribution in [0.2, 0.25) is 0 Å². The minimum Gasteiger partial charge on any atom is -0.395 e. The van der Waals surface area contributed by atoms with Crippen molar-refractivity contribution in [3.05, 3.63) is 22.4 Å². The molecular formula is C8H10ClNO2. The molecule has 0 radical (unpaired) electrons. The van der Waals surface area contributed by atoms with Crippen LogP contribution in [0.3, 0.4) is 0 Å². The molecular weight excluding hydrogens is 178 g/mol. The summed E-state index contributed by atoms with van der Waals surface area (Å²) in [7, 11) is 0. The molecule has 1 aliphatic carbocycles. The van der Waals surface area contributed by atoms with Crippen molar-refractivity contribution in [2.45, 2.75) is 19.4 Å². The van der Waals surface area contributed by atoms with E-state index in [-0.39, 0.29) is 10.7 Å². The van der Waals surface area contributed by atoms with Gasteiger partial charge in [-0.3, -0.25) is 4.79 Å². The smallest absolute Gasteiger partial charge is 0.212 e. The molecule has 1 aliphatic rings. The molecule has 0 aromatic rings. The van der Waals surface area contributed by atoms with E-state index in [1.807, 2.05) is 6.92 Å². The van der Waals surface area contributed by atoms with Crippen LogP contribution in [0.5, 0.6) is 0 Å². The molecule has 0 saturated heterocycles. The lowest BCUT2D eigenvalue weighted by molar-refractivity contribution is -0.122. The molecule has 0 bridgehead atoms. The zero-order valence-corrected chi connectivity index (χ0v) is 7.43. The molecule has 0 saturated carbocycles. The highest BCUT2D eigenvalue weighted by Crippen LogP contribution is 2.23. The Hall–Kier alpha value is -0.800. The van der Waals surface area contributed by atoms with Gasteiger partial charge in [-0.1, -0.05) is 18.5 Å². The van der Waals surface area contributed by atoms with E-state index < -0.39 is 11.9 Å². The highest BCUT2D eigenvalue weighted by atomic mass is 35.5. The number of carbonyl (C=O) groups excluding carboxylic acids is 1. The van der Waals surface area contributed by atoms with Gasteiger partial charge in [-0.25, -0.2) is 0 Å². The topological polar surface area (TPSA) is 63.3 Å². The van der Waals surface area contributed by atoms with Crippen molar-refractivity contribution < 1.29 is 9.90 Å². The third-order valence-corrected chi connectivity index (χ3v) is 2.16. The molecule has 0 aromatic heterocycles. The van der Waals surface area contributed by atoms with E-state index in [2.05, 4.69) is 0 Å². The summed E-state index contributed by atoms with van der Waals surface area (Å²) in [6.45, 7) is 1.84. The van der Waals surface area contributed by atoms with E-state index >= 15 is 0 Å². The van der Waals surface area contributed by atoms with Crippen LogP contribution in [0.4, 0.5) is 0 Å². The average Bonchev–Trinajstić information content (AvgIpc) is 2.08. The van der Waals surface area contributed by atoms with Gasteiger partial charge in [0.1, 0.15) is 6.10 Å². The second-order valence-electron chi connectivity index (χ2n) is 2.60. The first-order chi connectivity index (χ1) is 5.57. The first-order valence-electron chi connectivity index (χ1n) is 3.66. The molecule has 0 amide bonds. The van der Waals surface area contributed by atoms with Crippen LogP contribution in [-0.2, 0) is 4.79 Å². The monoisotopic (exact) mass is 187 g/mol. The van der Waals surface area contributed by atoms with E-state index in [0.717, 1.165) is 0 Å². The Balaban J connectivity index is 3.08. The van der Waals surface area contributed by atoms with Crippen LogP contribution < -0.4 is 5.73 Å². The van der Waals surface area contributed by atoms with Crippen LogP contribution in [-0.4, -0.2) is 17.0 Å². The maximum atomic E-state index is 11.1. The number of hydrogen-bond donors (Lipinski definition) is 2. The maximum Gasteiger partial charge on any atom is 0.212 e. The molecule has 0 fully saturated rings. The van der Waals surface area contributed by atoms with Gasteiger partial charge in [0.05, 0.1) is 10.7 Å². The number of ketones is 1. The van der Waals surface area contributed by atoms with Crippen LogP contribution in [0.25, 0.3) is 0 Å². The number of allylic oxidation sites excluding steroid dienone is 2. The summed E-state index contributed by atoms with van der Waals surface area (Å²) < 4.78 is 0. The van der Waals surface area contributed by atoms with E-state index in [1.54, 1.807) is 6.08 Å². The van der Waals surface area contributed by atoms with E-state index in [9.17, 15) is 9.90 Å². The number of nitrogens with two attached hydrogens (primary N) is 1. The summed E-state index contributed by atoms with van der Waals surface area (Å²) in [6, 6.07) is 0. The quantitative estimate of drug-likeness (QED) is 0.635. The summed E-state index contributed by atoms with van der Waals surface area (Å²) in [5.41, 5.74) is 5.88. The SMILES string of the molecule is CCC1=CC(Cl)=C(N)C(=O)C1O. The van der Waals surface area contributed by atoms with Crippen molar-refractivity contribution in [1.29, 1.82) is 0 Å². The highest BCUT2D eigenvalue weighted by molar-refractivity contribution is 6.34. The maximum absolute atomic E-state index is 11.1. The molecule has 0 aliphatic heterocycles. The van der Waals surface area contributed by atoms with E-state index in [1.165, 1.54) is 0 Å². The Morgan fingerprint density at radius 3 is 2.83 bits per heavy atom. The van der Waals surface area contributed by atoms with Gasteiger partial charge < -0.3 is 10.8 Å². The molecule has 12 heavy (non-hydrogen) atoms. The average molecular weight is 188 g/mol. The number of rotatable bonds is 1. The zero-order valence-electron chi connectivity index (χ0n) is 6.67. The normalized spacial score (nSPS) is 24.4. The Morgan fingerprint density at radius 2 is 2.33 bits per heavy atom. The molecule has 0 spiro atoms. The largest absolute Gasteiger partial charge is 0.395 e. The minimum absolute atomic E-state index is 0.0543. The van der Waals surface area contributed by atoms with Crippen molar-refractivity contribution in [2.24, 2.45) is 5.73 Å². The van der Waals surface area contributed by atoms with Crippen LogP contribution in [0, 0.1) is 0 Å². The number of halogens is 1. The summed E-state index contributed by atoms with van der Waals surface area (Å²) in [6.07, 6.45) is 1.04. The van der Waals surface area contributed by atoms with Gasteiger partial charge in [-0.15, -0.1) is 0 Å². The molecule has 66 valence electrons. The first kappa shape index (κ1) is 9.29. The van der Waals surface area contributed by atoms with Gasteiger partial charge in [0.25, 0.3) is 0 Å². The number of carbonyl (C=O) groups is 1. The number of hydrogen-bond acceptors (Lipinski definition) is 3. The Morgan fingerprint density at radius 1 is 1.75 bits per heavy atom. The van der Waals surface area contributed by atoms with Crippen molar-refractivity contribution in [3.8, 4) is 0 Å². The summed E-state index contributed by atoms with van der Waals surface area (Å²) in [4.78, 5) is 11.1. The number of Topliss-reactive ketones (excluding diaryl/α,β-unsaturated/α-hetero) is 1. The third-order valence-electron chi connectivity index (χ3n) is 1.84.